The standard InChI is InChI=1S/C14H15NO3S2/c1-9-12(14(17)18)20-13(15-9)11-5-3-2-4-10(11)8-19-7-6-16/h2-5,16H,6-8H2,1H3,(H,17,18). The minimum atomic E-state index is -0.932. The molecule has 6 heteroatoms. The summed E-state index contributed by atoms with van der Waals surface area (Å²) in [5.41, 5.74) is 2.63. The maximum absolute atomic E-state index is 11.1. The molecule has 2 aromatic rings. The van der Waals surface area contributed by atoms with Gasteiger partial charge in [0.2, 0.25) is 0 Å². The molecule has 0 atom stereocenters. The van der Waals surface area contributed by atoms with Crippen molar-refractivity contribution in [2.75, 3.05) is 12.4 Å². The number of carboxylic acid groups (broad SMARTS) is 1. The molecular formula is C14H15NO3S2. The van der Waals surface area contributed by atoms with Crippen molar-refractivity contribution in [1.29, 1.82) is 0 Å². The van der Waals surface area contributed by atoms with Crippen LogP contribution in [0.15, 0.2) is 24.3 Å². The molecule has 0 aliphatic rings. The number of aliphatic hydroxyl groups is 1. The fourth-order valence-corrected chi connectivity index (χ4v) is 3.52. The first-order valence-electron chi connectivity index (χ1n) is 6.11. The van der Waals surface area contributed by atoms with Gasteiger partial charge in [-0.15, -0.1) is 11.3 Å². The van der Waals surface area contributed by atoms with Crippen molar-refractivity contribution in [1.82, 2.24) is 4.98 Å². The van der Waals surface area contributed by atoms with Crippen molar-refractivity contribution in [3.05, 3.63) is 40.4 Å². The van der Waals surface area contributed by atoms with Gasteiger partial charge in [-0.2, -0.15) is 11.8 Å². The Morgan fingerprint density at radius 2 is 2.15 bits per heavy atom. The van der Waals surface area contributed by atoms with Crippen LogP contribution >= 0.6 is 23.1 Å². The molecule has 1 aromatic carbocycles. The van der Waals surface area contributed by atoms with Crippen LogP contribution in [-0.2, 0) is 5.75 Å². The summed E-state index contributed by atoms with van der Waals surface area (Å²) in [5, 5.41) is 18.7. The van der Waals surface area contributed by atoms with Gasteiger partial charge in [-0.25, -0.2) is 9.78 Å². The Morgan fingerprint density at radius 1 is 1.40 bits per heavy atom. The Labute approximate surface area is 125 Å². The van der Waals surface area contributed by atoms with Crippen molar-refractivity contribution in [2.24, 2.45) is 0 Å². The highest BCUT2D eigenvalue weighted by molar-refractivity contribution is 7.98. The van der Waals surface area contributed by atoms with Gasteiger partial charge in [0.15, 0.2) is 0 Å². The van der Waals surface area contributed by atoms with E-state index in [2.05, 4.69) is 4.98 Å². The Balaban J connectivity index is 2.32. The zero-order chi connectivity index (χ0) is 14.5. The molecule has 0 aliphatic heterocycles. The Morgan fingerprint density at radius 3 is 2.80 bits per heavy atom. The van der Waals surface area contributed by atoms with E-state index in [4.69, 9.17) is 10.2 Å². The summed E-state index contributed by atoms with van der Waals surface area (Å²) in [4.78, 5) is 15.8. The molecule has 4 nitrogen and oxygen atoms in total. The van der Waals surface area contributed by atoms with E-state index >= 15 is 0 Å². The van der Waals surface area contributed by atoms with Gasteiger partial charge in [-0.1, -0.05) is 24.3 Å². The highest BCUT2D eigenvalue weighted by Crippen LogP contribution is 2.32. The monoisotopic (exact) mass is 309 g/mol. The van der Waals surface area contributed by atoms with Crippen LogP contribution in [0.25, 0.3) is 10.6 Å². The van der Waals surface area contributed by atoms with E-state index in [1.807, 2.05) is 24.3 Å². The SMILES string of the molecule is Cc1nc(-c2ccccc2CSCCO)sc1C(=O)O. The first kappa shape index (κ1) is 15.0. The van der Waals surface area contributed by atoms with Crippen molar-refractivity contribution < 1.29 is 15.0 Å². The summed E-state index contributed by atoms with van der Waals surface area (Å²) in [6.45, 7) is 1.87. The number of aromatic nitrogens is 1. The zero-order valence-electron chi connectivity index (χ0n) is 11.0. The molecule has 0 radical (unpaired) electrons. The molecule has 0 saturated heterocycles. The van der Waals surface area contributed by atoms with E-state index in [0.717, 1.165) is 21.9 Å². The fraction of sp³-hybridized carbons (Fsp3) is 0.286. The maximum Gasteiger partial charge on any atom is 0.347 e. The van der Waals surface area contributed by atoms with Crippen LogP contribution < -0.4 is 0 Å². The third-order valence-corrected chi connectivity index (χ3v) is 4.90. The molecule has 106 valence electrons. The van der Waals surface area contributed by atoms with Gasteiger partial charge < -0.3 is 10.2 Å². The molecule has 1 aromatic heterocycles. The summed E-state index contributed by atoms with van der Waals surface area (Å²) in [5.74, 6) is 0.530. The van der Waals surface area contributed by atoms with Crippen LogP contribution in [-0.4, -0.2) is 33.5 Å². The third-order valence-electron chi connectivity index (χ3n) is 2.73. The van der Waals surface area contributed by atoms with Crippen LogP contribution in [0.1, 0.15) is 20.9 Å². The maximum atomic E-state index is 11.1. The number of thiazole rings is 1. The highest BCUT2D eigenvalue weighted by Gasteiger charge is 2.16. The van der Waals surface area contributed by atoms with Crippen LogP contribution in [0.3, 0.4) is 0 Å². The Kier molecular flexibility index (Phi) is 5.17. The lowest BCUT2D eigenvalue weighted by molar-refractivity contribution is 0.0701. The molecule has 0 amide bonds. The molecule has 0 spiro atoms. The fourth-order valence-electron chi connectivity index (χ4n) is 1.81. The quantitative estimate of drug-likeness (QED) is 0.803. The lowest BCUT2D eigenvalue weighted by Crippen LogP contribution is -1.94. The van der Waals surface area contributed by atoms with Gasteiger partial charge >= 0.3 is 5.97 Å². The molecule has 0 bridgehead atoms. The van der Waals surface area contributed by atoms with Gasteiger partial charge in [0, 0.05) is 17.1 Å². The second-order valence-corrected chi connectivity index (χ2v) is 6.28. The number of carboxylic acids is 1. The van der Waals surface area contributed by atoms with Crippen molar-refractivity contribution in [3.63, 3.8) is 0 Å². The summed E-state index contributed by atoms with van der Waals surface area (Å²) < 4.78 is 0. The van der Waals surface area contributed by atoms with Crippen LogP contribution in [0.4, 0.5) is 0 Å². The molecular weight excluding hydrogens is 294 g/mol. The number of rotatable bonds is 6. The largest absolute Gasteiger partial charge is 0.477 e. The van der Waals surface area contributed by atoms with E-state index in [-0.39, 0.29) is 11.5 Å². The van der Waals surface area contributed by atoms with Crippen LogP contribution in [0.5, 0.6) is 0 Å². The van der Waals surface area contributed by atoms with Crippen LogP contribution in [0, 0.1) is 6.92 Å². The second kappa shape index (κ2) is 6.88. The predicted octanol–water partition coefficient (Wildman–Crippen LogP) is 3.04. The first-order valence-corrected chi connectivity index (χ1v) is 8.08. The minimum absolute atomic E-state index is 0.159. The van der Waals surface area contributed by atoms with Gasteiger partial charge in [-0.3, -0.25) is 0 Å². The molecule has 20 heavy (non-hydrogen) atoms. The molecule has 2 N–H and O–H groups in total. The summed E-state index contributed by atoms with van der Waals surface area (Å²) in [6.07, 6.45) is 0. The molecule has 1 heterocycles. The van der Waals surface area contributed by atoms with Crippen molar-refractivity contribution in [2.45, 2.75) is 12.7 Å². The number of nitrogens with zero attached hydrogens (tertiary/aromatic N) is 1. The minimum Gasteiger partial charge on any atom is -0.477 e. The number of benzene rings is 1. The molecule has 0 saturated carbocycles. The average molecular weight is 309 g/mol. The zero-order valence-corrected chi connectivity index (χ0v) is 12.6. The number of hydrogen-bond acceptors (Lipinski definition) is 5. The van der Waals surface area contributed by atoms with Gasteiger partial charge in [0.25, 0.3) is 0 Å². The number of thioether (sulfide) groups is 1. The molecule has 0 fully saturated rings. The van der Waals surface area contributed by atoms with Gasteiger partial charge in [0.1, 0.15) is 9.88 Å². The summed E-state index contributed by atoms with van der Waals surface area (Å²) in [6, 6.07) is 7.85. The number of aryl methyl sites for hydroxylation is 1. The highest BCUT2D eigenvalue weighted by atomic mass is 32.2. The van der Waals surface area contributed by atoms with E-state index in [1.165, 1.54) is 11.3 Å². The lowest BCUT2D eigenvalue weighted by Gasteiger charge is -2.06. The Hall–Kier alpha value is -1.37. The molecule has 0 aliphatic carbocycles. The summed E-state index contributed by atoms with van der Waals surface area (Å²) in [7, 11) is 0. The number of carbonyl (C=O) groups is 1. The lowest BCUT2D eigenvalue weighted by atomic mass is 10.1. The normalized spacial score (nSPS) is 10.7. The first-order chi connectivity index (χ1) is 9.63. The van der Waals surface area contributed by atoms with E-state index < -0.39 is 5.97 Å². The number of hydrogen-bond donors (Lipinski definition) is 2. The number of aliphatic hydroxyl groups excluding tert-OH is 1. The summed E-state index contributed by atoms with van der Waals surface area (Å²) >= 11 is 2.85. The molecule has 0 unspecified atom stereocenters. The van der Waals surface area contributed by atoms with Crippen molar-refractivity contribution >= 4 is 29.1 Å². The van der Waals surface area contributed by atoms with E-state index in [1.54, 1.807) is 18.7 Å². The molecule has 2 rings (SSSR count). The van der Waals surface area contributed by atoms with Gasteiger partial charge in [-0.05, 0) is 12.5 Å². The third kappa shape index (κ3) is 3.39. The van der Waals surface area contributed by atoms with Crippen LogP contribution in [0.2, 0.25) is 0 Å². The average Bonchev–Trinajstić information content (AvgIpc) is 2.82. The van der Waals surface area contributed by atoms with E-state index in [9.17, 15) is 4.79 Å². The van der Waals surface area contributed by atoms with E-state index in [0.29, 0.717) is 11.4 Å². The van der Waals surface area contributed by atoms with Crippen molar-refractivity contribution in [3.8, 4) is 10.6 Å². The second-order valence-electron chi connectivity index (χ2n) is 4.17. The Bertz CT molecular complexity index is 610. The number of aromatic carboxylic acids is 1. The predicted molar refractivity (Wildman–Crippen MR) is 82.5 cm³/mol. The van der Waals surface area contributed by atoms with Gasteiger partial charge in [0.05, 0.1) is 12.3 Å². The topological polar surface area (TPSA) is 70.4 Å². The smallest absolute Gasteiger partial charge is 0.347 e.